The second kappa shape index (κ2) is 7.84. The fourth-order valence-electron chi connectivity index (χ4n) is 2.08. The molecule has 0 atom stereocenters. The van der Waals surface area contributed by atoms with Gasteiger partial charge in [-0.1, -0.05) is 42.5 Å². The zero-order valence-electron chi connectivity index (χ0n) is 12.6. The summed E-state index contributed by atoms with van der Waals surface area (Å²) in [5.74, 6) is 0.545. The van der Waals surface area contributed by atoms with Gasteiger partial charge in [-0.3, -0.25) is 4.79 Å². The van der Waals surface area contributed by atoms with Gasteiger partial charge in [-0.05, 0) is 31.2 Å². The normalized spacial score (nSPS) is 10.4. The van der Waals surface area contributed by atoms with Crippen LogP contribution in [0.3, 0.4) is 0 Å². The van der Waals surface area contributed by atoms with Gasteiger partial charge in [-0.25, -0.2) is 0 Å². The molecular formula is C19H19NO2. The van der Waals surface area contributed by atoms with Gasteiger partial charge in [0, 0.05) is 12.1 Å². The van der Waals surface area contributed by atoms with E-state index in [1.165, 1.54) is 0 Å². The summed E-state index contributed by atoms with van der Waals surface area (Å²) in [6.07, 6.45) is 5.10. The van der Waals surface area contributed by atoms with Crippen molar-refractivity contribution in [3.63, 3.8) is 0 Å². The highest BCUT2D eigenvalue weighted by molar-refractivity contribution is 6.07. The van der Waals surface area contributed by atoms with E-state index in [1.807, 2.05) is 49.4 Å². The molecular weight excluding hydrogens is 274 g/mol. The average Bonchev–Trinajstić information content (AvgIpc) is 2.58. The molecule has 0 fully saturated rings. The zero-order valence-corrected chi connectivity index (χ0v) is 12.6. The van der Waals surface area contributed by atoms with Crippen molar-refractivity contribution in [3.8, 4) is 5.75 Å². The molecule has 3 heteroatoms. The lowest BCUT2D eigenvalue weighted by atomic mass is 10.1. The summed E-state index contributed by atoms with van der Waals surface area (Å²) in [5.41, 5.74) is 1.35. The molecule has 3 nitrogen and oxygen atoms in total. The van der Waals surface area contributed by atoms with Crippen LogP contribution < -0.4 is 9.64 Å². The van der Waals surface area contributed by atoms with Crippen molar-refractivity contribution < 1.29 is 9.53 Å². The first-order chi connectivity index (χ1) is 10.8. The van der Waals surface area contributed by atoms with Gasteiger partial charge in [0.15, 0.2) is 0 Å². The molecule has 2 aromatic rings. The minimum atomic E-state index is -0.0861. The topological polar surface area (TPSA) is 29.5 Å². The highest BCUT2D eigenvalue weighted by atomic mass is 16.5. The Balaban J connectivity index is 2.40. The van der Waals surface area contributed by atoms with Crippen LogP contribution in [-0.4, -0.2) is 12.5 Å². The molecule has 0 aliphatic carbocycles. The van der Waals surface area contributed by atoms with Crippen LogP contribution in [0.1, 0.15) is 17.3 Å². The van der Waals surface area contributed by atoms with Gasteiger partial charge in [0.2, 0.25) is 0 Å². The van der Waals surface area contributed by atoms with Gasteiger partial charge in [-0.2, -0.15) is 0 Å². The molecule has 1 amide bonds. The Labute approximate surface area is 131 Å². The zero-order chi connectivity index (χ0) is 15.8. The SMILES string of the molecule is C=CCN(C(=O)c1ccccc1)c1ccccc1O/C=C/C. The van der Waals surface area contributed by atoms with Crippen molar-refractivity contribution in [2.24, 2.45) is 0 Å². The van der Waals surface area contributed by atoms with Crippen molar-refractivity contribution in [2.75, 3.05) is 11.4 Å². The lowest BCUT2D eigenvalue weighted by Crippen LogP contribution is -2.31. The molecule has 0 saturated heterocycles. The first-order valence-electron chi connectivity index (χ1n) is 7.12. The number of para-hydroxylation sites is 2. The third-order valence-electron chi connectivity index (χ3n) is 3.06. The largest absolute Gasteiger partial charge is 0.463 e. The predicted molar refractivity (Wildman–Crippen MR) is 90.2 cm³/mol. The number of ether oxygens (including phenoxy) is 1. The number of allylic oxidation sites excluding steroid dienone is 1. The summed E-state index contributed by atoms with van der Waals surface area (Å²) in [7, 11) is 0. The van der Waals surface area contributed by atoms with Gasteiger partial charge in [0.25, 0.3) is 5.91 Å². The van der Waals surface area contributed by atoms with Gasteiger partial charge in [0.1, 0.15) is 5.75 Å². The molecule has 0 bridgehead atoms. The van der Waals surface area contributed by atoms with Crippen molar-refractivity contribution in [3.05, 3.63) is 85.2 Å². The van der Waals surface area contributed by atoms with E-state index >= 15 is 0 Å². The van der Waals surface area contributed by atoms with E-state index in [9.17, 15) is 4.79 Å². The Morgan fingerprint density at radius 1 is 1.14 bits per heavy atom. The lowest BCUT2D eigenvalue weighted by molar-refractivity contribution is 0.0989. The van der Waals surface area contributed by atoms with Crippen molar-refractivity contribution >= 4 is 11.6 Å². The number of hydrogen-bond donors (Lipinski definition) is 0. The molecule has 0 aliphatic rings. The van der Waals surface area contributed by atoms with Gasteiger partial charge < -0.3 is 9.64 Å². The average molecular weight is 293 g/mol. The number of carbonyl (C=O) groups is 1. The van der Waals surface area contributed by atoms with Gasteiger partial charge in [-0.15, -0.1) is 6.58 Å². The van der Waals surface area contributed by atoms with Crippen LogP contribution >= 0.6 is 0 Å². The minimum absolute atomic E-state index is 0.0861. The smallest absolute Gasteiger partial charge is 0.258 e. The van der Waals surface area contributed by atoms with Crippen LogP contribution in [-0.2, 0) is 0 Å². The quantitative estimate of drug-likeness (QED) is 0.582. The lowest BCUT2D eigenvalue weighted by Gasteiger charge is -2.23. The van der Waals surface area contributed by atoms with E-state index in [-0.39, 0.29) is 5.91 Å². The molecule has 0 N–H and O–H groups in total. The predicted octanol–water partition coefficient (Wildman–Crippen LogP) is 4.43. The molecule has 0 saturated carbocycles. The van der Waals surface area contributed by atoms with E-state index in [1.54, 1.807) is 35.4 Å². The summed E-state index contributed by atoms with van der Waals surface area (Å²) in [4.78, 5) is 14.4. The summed E-state index contributed by atoms with van der Waals surface area (Å²) in [6.45, 7) is 6.03. The van der Waals surface area contributed by atoms with Crippen LogP contribution in [0.25, 0.3) is 0 Å². The first kappa shape index (κ1) is 15.6. The molecule has 112 valence electrons. The van der Waals surface area contributed by atoms with Crippen molar-refractivity contribution in [1.29, 1.82) is 0 Å². The highest BCUT2D eigenvalue weighted by Gasteiger charge is 2.19. The van der Waals surface area contributed by atoms with Crippen molar-refractivity contribution in [2.45, 2.75) is 6.92 Å². The van der Waals surface area contributed by atoms with E-state index in [4.69, 9.17) is 4.74 Å². The summed E-state index contributed by atoms with van der Waals surface area (Å²) >= 11 is 0. The number of benzene rings is 2. The Morgan fingerprint density at radius 2 is 1.82 bits per heavy atom. The third kappa shape index (κ3) is 3.64. The summed E-state index contributed by atoms with van der Waals surface area (Å²) < 4.78 is 5.59. The molecule has 2 rings (SSSR count). The molecule has 0 spiro atoms. The molecule has 0 radical (unpaired) electrons. The monoisotopic (exact) mass is 293 g/mol. The standard InChI is InChI=1S/C19H19NO2/c1-3-14-20(19(21)16-10-6-5-7-11-16)17-12-8-9-13-18(17)22-15-4-2/h3-13,15H,1,14H2,2H3/b15-4+. The third-order valence-corrected chi connectivity index (χ3v) is 3.06. The number of carbonyl (C=O) groups excluding carboxylic acids is 1. The van der Waals surface area contributed by atoms with E-state index in [2.05, 4.69) is 6.58 Å². The molecule has 0 unspecified atom stereocenters. The van der Waals surface area contributed by atoms with Crippen LogP contribution in [0.2, 0.25) is 0 Å². The van der Waals surface area contributed by atoms with Crippen molar-refractivity contribution in [1.82, 2.24) is 0 Å². The maximum absolute atomic E-state index is 12.8. The minimum Gasteiger partial charge on any atom is -0.463 e. The fourth-order valence-corrected chi connectivity index (χ4v) is 2.08. The van der Waals surface area contributed by atoms with Crippen LogP contribution in [0.5, 0.6) is 5.75 Å². The second-order valence-corrected chi connectivity index (χ2v) is 4.63. The number of rotatable bonds is 6. The van der Waals surface area contributed by atoms with Crippen LogP contribution in [0, 0.1) is 0 Å². The van der Waals surface area contributed by atoms with Crippen LogP contribution in [0.4, 0.5) is 5.69 Å². The van der Waals surface area contributed by atoms with Crippen LogP contribution in [0.15, 0.2) is 79.6 Å². The molecule has 2 aromatic carbocycles. The Kier molecular flexibility index (Phi) is 5.55. The van der Waals surface area contributed by atoms with E-state index in [0.717, 1.165) is 0 Å². The molecule has 22 heavy (non-hydrogen) atoms. The highest BCUT2D eigenvalue weighted by Crippen LogP contribution is 2.29. The molecule has 0 heterocycles. The summed E-state index contributed by atoms with van der Waals surface area (Å²) in [5, 5.41) is 0. The Morgan fingerprint density at radius 3 is 2.50 bits per heavy atom. The number of anilines is 1. The Hall–Kier alpha value is -2.81. The first-order valence-corrected chi connectivity index (χ1v) is 7.12. The Bertz CT molecular complexity index is 662. The van der Waals surface area contributed by atoms with E-state index < -0.39 is 0 Å². The number of hydrogen-bond acceptors (Lipinski definition) is 2. The number of nitrogens with zero attached hydrogens (tertiary/aromatic N) is 1. The maximum atomic E-state index is 12.8. The van der Waals surface area contributed by atoms with Gasteiger partial charge >= 0.3 is 0 Å². The maximum Gasteiger partial charge on any atom is 0.258 e. The summed E-state index contributed by atoms with van der Waals surface area (Å²) in [6, 6.07) is 16.6. The number of amides is 1. The van der Waals surface area contributed by atoms with E-state index in [0.29, 0.717) is 23.5 Å². The second-order valence-electron chi connectivity index (χ2n) is 4.63. The fraction of sp³-hybridized carbons (Fsp3) is 0.105. The van der Waals surface area contributed by atoms with Gasteiger partial charge in [0.05, 0.1) is 11.9 Å². The molecule has 0 aliphatic heterocycles. The molecule has 0 aromatic heterocycles.